The van der Waals surface area contributed by atoms with Crippen LogP contribution < -0.4 is 66.7 Å². The molecule has 2 aliphatic rings. The molecule has 40 heavy (non-hydrogen) atoms. The number of fused-ring (bicyclic) bond motifs is 2. The number of carbonyl (C=O) groups is 5. The van der Waals surface area contributed by atoms with Crippen molar-refractivity contribution in [2.24, 2.45) is 0 Å². The molecule has 0 saturated heterocycles. The quantitative estimate of drug-likeness (QED) is 0.102. The van der Waals surface area contributed by atoms with Crippen LogP contribution >= 0.6 is 0 Å². The third-order valence-electron chi connectivity index (χ3n) is 4.32. The number of rotatable bonds is 2. The van der Waals surface area contributed by atoms with Gasteiger partial charge in [0.05, 0.1) is 28.2 Å². The van der Waals surface area contributed by atoms with Crippen LogP contribution in [0.4, 0.5) is 0 Å². The summed E-state index contributed by atoms with van der Waals surface area (Å²) in [6, 6.07) is 22.3. The first-order chi connectivity index (χ1) is 17.9. The van der Waals surface area contributed by atoms with Gasteiger partial charge in [0.1, 0.15) is 0 Å². The number of ether oxygens (including phenoxy) is 2. The van der Waals surface area contributed by atoms with Crippen LogP contribution in [0.3, 0.4) is 0 Å². The number of cyclic esters (lactones) is 4. The summed E-state index contributed by atoms with van der Waals surface area (Å²) >= 11 is 0. The molecule has 0 aliphatic carbocycles. The maximum absolute atomic E-state index is 10.8. The zero-order chi connectivity index (χ0) is 27.8. The first-order valence-corrected chi connectivity index (χ1v) is 10.3. The molecule has 0 bridgehead atoms. The Bertz CT molecular complexity index is 1140. The van der Waals surface area contributed by atoms with Crippen molar-refractivity contribution in [3.05, 3.63) is 120 Å². The van der Waals surface area contributed by atoms with Crippen molar-refractivity contribution < 1.29 is 119 Å². The van der Waals surface area contributed by atoms with Crippen LogP contribution in [-0.4, -0.2) is 44.1 Å². The van der Waals surface area contributed by atoms with E-state index in [2.05, 4.69) is 9.47 Å². The van der Waals surface area contributed by atoms with E-state index in [1.54, 1.807) is 48.5 Å². The molecular formula is C28H24KO10V-3. The second kappa shape index (κ2) is 23.0. The van der Waals surface area contributed by atoms with Crippen molar-refractivity contribution >= 4 is 35.9 Å². The summed E-state index contributed by atoms with van der Waals surface area (Å²) in [5.41, 5.74) is 2.29. The second-order valence-corrected chi connectivity index (χ2v) is 6.51. The van der Waals surface area contributed by atoms with Gasteiger partial charge in [-0.3, -0.25) is 0 Å². The molecule has 1 radical (unpaired) electrons. The summed E-state index contributed by atoms with van der Waals surface area (Å²) in [7, 11) is 1.50. The fourth-order valence-electron chi connectivity index (χ4n) is 2.79. The van der Waals surface area contributed by atoms with Gasteiger partial charge >= 0.3 is 75.3 Å². The summed E-state index contributed by atoms with van der Waals surface area (Å²) in [5, 5.41) is 26.5. The molecule has 0 unspecified atom stereocenters. The van der Waals surface area contributed by atoms with Crippen molar-refractivity contribution in [1.82, 2.24) is 0 Å². The molecule has 3 aromatic carbocycles. The van der Waals surface area contributed by atoms with E-state index in [4.69, 9.17) is 10.2 Å². The molecule has 5 rings (SSSR count). The van der Waals surface area contributed by atoms with Crippen molar-refractivity contribution in [3.63, 3.8) is 0 Å². The Morgan fingerprint density at radius 2 is 0.875 bits per heavy atom. The van der Waals surface area contributed by atoms with Crippen LogP contribution in [0.15, 0.2) is 84.9 Å². The Morgan fingerprint density at radius 3 is 1.15 bits per heavy atom. The van der Waals surface area contributed by atoms with Gasteiger partial charge in [-0.05, 0) is 35.9 Å². The molecule has 0 spiro atoms. The second-order valence-electron chi connectivity index (χ2n) is 6.51. The number of esters is 4. The molecule has 0 fully saturated rings. The van der Waals surface area contributed by atoms with Gasteiger partial charge in [0.15, 0.2) is 0 Å². The SMILES string of the molecule is C[O-].C[O-].O=C([O-])/C=C/c1ccccc1.O=C1OC(=O)c2ccccc21.O=C1OC(=O)c2ccccc21.[CH3-].[K+].[V]. The summed E-state index contributed by atoms with van der Waals surface area (Å²) < 4.78 is 8.71. The zero-order valence-electron chi connectivity index (χ0n) is 22.2. The molecule has 0 saturated carbocycles. The van der Waals surface area contributed by atoms with E-state index in [-0.39, 0.29) is 77.4 Å². The van der Waals surface area contributed by atoms with Crippen molar-refractivity contribution in [2.45, 2.75) is 0 Å². The predicted molar refractivity (Wildman–Crippen MR) is 131 cm³/mol. The molecule has 0 aromatic heterocycles. The normalized spacial score (nSPS) is 11.1. The maximum Gasteiger partial charge on any atom is 1.00 e. The molecule has 0 N–H and O–H groups in total. The zero-order valence-corrected chi connectivity index (χ0v) is 26.7. The van der Waals surface area contributed by atoms with Crippen LogP contribution in [0.1, 0.15) is 47.0 Å². The van der Waals surface area contributed by atoms with Gasteiger partial charge in [0.25, 0.3) is 0 Å². The Labute approximate surface area is 286 Å². The molecule has 2 aliphatic heterocycles. The van der Waals surface area contributed by atoms with E-state index >= 15 is 0 Å². The molecule has 10 nitrogen and oxygen atoms in total. The Hall–Kier alpha value is -2.71. The molecule has 0 amide bonds. The Balaban J connectivity index is -0.000000466. The van der Waals surface area contributed by atoms with E-state index in [0.29, 0.717) is 22.3 Å². The number of carbonyl (C=O) groups excluding carboxylic acids is 5. The average Bonchev–Trinajstić information content (AvgIpc) is 3.40. The van der Waals surface area contributed by atoms with Crippen LogP contribution in [-0.2, 0) is 32.8 Å². The van der Waals surface area contributed by atoms with Gasteiger partial charge < -0.3 is 37.0 Å². The number of carboxylic acids is 1. The van der Waals surface area contributed by atoms with E-state index < -0.39 is 29.8 Å². The van der Waals surface area contributed by atoms with Crippen LogP contribution in [0, 0.1) is 7.43 Å². The first-order valence-electron chi connectivity index (χ1n) is 10.3. The van der Waals surface area contributed by atoms with Crippen LogP contribution in [0.25, 0.3) is 6.08 Å². The largest absolute Gasteiger partial charge is 1.00 e. The summed E-state index contributed by atoms with van der Waals surface area (Å²) in [6.45, 7) is 0. The first kappa shape index (κ1) is 41.8. The van der Waals surface area contributed by atoms with Crippen molar-refractivity contribution in [1.29, 1.82) is 0 Å². The number of carboxylic acid groups (broad SMARTS) is 1. The van der Waals surface area contributed by atoms with E-state index in [1.165, 1.54) is 6.08 Å². The summed E-state index contributed by atoms with van der Waals surface area (Å²) in [6.07, 6.45) is 2.50. The van der Waals surface area contributed by atoms with E-state index in [0.717, 1.165) is 25.9 Å². The van der Waals surface area contributed by atoms with E-state index in [9.17, 15) is 29.1 Å². The van der Waals surface area contributed by atoms with Gasteiger partial charge in [-0.15, -0.1) is 0 Å². The van der Waals surface area contributed by atoms with Gasteiger partial charge in [-0.1, -0.05) is 60.7 Å². The topological polar surface area (TPSA) is 173 Å². The summed E-state index contributed by atoms with van der Waals surface area (Å²) in [4.78, 5) is 53.3. The minimum absolute atomic E-state index is 0. The van der Waals surface area contributed by atoms with Gasteiger partial charge in [-0.2, -0.15) is 14.2 Å². The third kappa shape index (κ3) is 13.1. The maximum atomic E-state index is 10.8. The fraction of sp³-hybridized carbons (Fsp3) is 0.0714. The predicted octanol–water partition coefficient (Wildman–Crippen LogP) is -2.15. The molecule has 205 valence electrons. The van der Waals surface area contributed by atoms with Crippen molar-refractivity contribution in [2.75, 3.05) is 14.2 Å². The smallest absolute Gasteiger partial charge is 0.857 e. The Kier molecular flexibility index (Phi) is 24.1. The van der Waals surface area contributed by atoms with Gasteiger partial charge in [-0.25, -0.2) is 19.2 Å². The minimum atomic E-state index is -1.17. The van der Waals surface area contributed by atoms with Gasteiger partial charge in [0, 0.05) is 18.6 Å². The standard InChI is InChI=1S/C9H8O2.2C8H4O3.2CH3O.CH3.K.V/c10-9(11)7-6-8-4-2-1-3-5-8;2*9-7-5-3-1-2-4-6(5)8(10)11-7;2*1-2;;;/h1-7H,(H,10,11);2*1-4H;2*1H3;1H3;;/q;;;3*-1;+1;/p-1/b7-6+;;;;;;;. The number of benzene rings is 3. The molecular weight excluding hydrogens is 586 g/mol. The Morgan fingerprint density at radius 1 is 0.600 bits per heavy atom. The van der Waals surface area contributed by atoms with Crippen LogP contribution in [0.5, 0.6) is 0 Å². The number of hydrogen-bond acceptors (Lipinski definition) is 10. The van der Waals surface area contributed by atoms with Crippen molar-refractivity contribution in [3.8, 4) is 0 Å². The molecule has 2 heterocycles. The van der Waals surface area contributed by atoms with Gasteiger partial charge in [0.2, 0.25) is 0 Å². The van der Waals surface area contributed by atoms with Crippen LogP contribution in [0.2, 0.25) is 0 Å². The number of hydrogen-bond donors (Lipinski definition) is 0. The molecule has 12 heteroatoms. The molecule has 0 atom stereocenters. The number of aliphatic carboxylic acids is 1. The minimum Gasteiger partial charge on any atom is -0.857 e. The monoisotopic (exact) mass is 610 g/mol. The third-order valence-corrected chi connectivity index (χ3v) is 4.32. The summed E-state index contributed by atoms with van der Waals surface area (Å²) in [5.74, 6) is -3.37. The molecule has 3 aromatic rings. The van der Waals surface area contributed by atoms with E-state index in [1.807, 2.05) is 30.3 Å². The average molecular weight is 611 g/mol. The fourth-order valence-corrected chi connectivity index (χ4v) is 2.79.